The van der Waals surface area contributed by atoms with Crippen molar-refractivity contribution in [2.75, 3.05) is 26.1 Å². The smallest absolute Gasteiger partial charge is 0.331 e. The van der Waals surface area contributed by atoms with Gasteiger partial charge in [-0.15, -0.1) is 0 Å². The first kappa shape index (κ1) is 27.2. The summed E-state index contributed by atoms with van der Waals surface area (Å²) in [5.74, 6) is -0.00997. The summed E-state index contributed by atoms with van der Waals surface area (Å²) in [6.07, 6.45) is 2.70. The molecule has 0 spiro atoms. The van der Waals surface area contributed by atoms with Gasteiger partial charge in [0.15, 0.2) is 18.1 Å². The molecule has 0 aliphatic carbocycles. The summed E-state index contributed by atoms with van der Waals surface area (Å²) in [4.78, 5) is 24.1. The second kappa shape index (κ2) is 13.1. The molecule has 0 saturated carbocycles. The highest BCUT2D eigenvalue weighted by Gasteiger charge is 2.15. The van der Waals surface area contributed by atoms with Gasteiger partial charge in [0.25, 0.3) is 5.91 Å². The third kappa shape index (κ3) is 7.81. The zero-order valence-electron chi connectivity index (χ0n) is 19.3. The van der Waals surface area contributed by atoms with E-state index in [0.29, 0.717) is 43.6 Å². The third-order valence-electron chi connectivity index (χ3n) is 4.74. The highest BCUT2D eigenvalue weighted by molar-refractivity contribution is 6.42. The minimum Gasteiger partial charge on any atom is -0.493 e. The predicted octanol–water partition coefficient (Wildman–Crippen LogP) is 6.44. The van der Waals surface area contributed by atoms with E-state index >= 15 is 0 Å². The van der Waals surface area contributed by atoms with Crippen molar-refractivity contribution in [1.82, 2.24) is 0 Å². The Morgan fingerprint density at radius 1 is 0.889 bits per heavy atom. The van der Waals surface area contributed by atoms with Gasteiger partial charge in [-0.2, -0.15) is 0 Å². The lowest BCUT2D eigenvalue weighted by Crippen LogP contribution is -2.20. The average molecular weight is 551 g/mol. The van der Waals surface area contributed by atoms with Crippen LogP contribution in [0.2, 0.25) is 15.1 Å². The van der Waals surface area contributed by atoms with Gasteiger partial charge in [0.2, 0.25) is 5.75 Å². The summed E-state index contributed by atoms with van der Waals surface area (Å²) in [7, 11) is 2.98. The van der Waals surface area contributed by atoms with E-state index in [1.165, 1.54) is 26.4 Å². The monoisotopic (exact) mass is 549 g/mol. The molecule has 36 heavy (non-hydrogen) atoms. The second-order valence-electron chi connectivity index (χ2n) is 7.29. The first-order valence-corrected chi connectivity index (χ1v) is 11.7. The number of methoxy groups -OCH3 is 2. The van der Waals surface area contributed by atoms with Crippen molar-refractivity contribution < 1.29 is 28.5 Å². The molecule has 3 aromatic carbocycles. The molecule has 0 aromatic heterocycles. The van der Waals surface area contributed by atoms with Crippen LogP contribution < -0.4 is 19.5 Å². The maximum atomic E-state index is 12.1. The van der Waals surface area contributed by atoms with Crippen LogP contribution in [-0.2, 0) is 20.9 Å². The molecular formula is C26H22Cl3NO6. The molecule has 0 radical (unpaired) electrons. The number of hydrogen-bond acceptors (Lipinski definition) is 6. The largest absolute Gasteiger partial charge is 0.493 e. The van der Waals surface area contributed by atoms with E-state index in [-0.39, 0.29) is 6.61 Å². The lowest BCUT2D eigenvalue weighted by molar-refractivity contribution is -0.142. The Kier molecular flexibility index (Phi) is 9.87. The predicted molar refractivity (Wildman–Crippen MR) is 140 cm³/mol. The molecule has 0 unspecified atom stereocenters. The molecule has 0 atom stereocenters. The van der Waals surface area contributed by atoms with Gasteiger partial charge in [-0.05, 0) is 65.7 Å². The minimum atomic E-state index is -0.695. The van der Waals surface area contributed by atoms with Crippen molar-refractivity contribution >= 4 is 58.4 Å². The van der Waals surface area contributed by atoms with Crippen molar-refractivity contribution in [2.45, 2.75) is 6.61 Å². The molecular weight excluding hydrogens is 529 g/mol. The fraction of sp³-hybridized carbons (Fsp3) is 0.154. The van der Waals surface area contributed by atoms with Gasteiger partial charge in [-0.3, -0.25) is 4.79 Å². The Hall–Kier alpha value is -3.39. The maximum absolute atomic E-state index is 12.1. The van der Waals surface area contributed by atoms with Crippen LogP contribution in [0.3, 0.4) is 0 Å². The van der Waals surface area contributed by atoms with Crippen LogP contribution in [0.15, 0.2) is 60.7 Å². The number of benzene rings is 3. The van der Waals surface area contributed by atoms with Crippen molar-refractivity contribution in [3.05, 3.63) is 86.9 Å². The van der Waals surface area contributed by atoms with E-state index in [2.05, 4.69) is 5.32 Å². The molecule has 0 aliphatic heterocycles. The van der Waals surface area contributed by atoms with Crippen molar-refractivity contribution in [2.24, 2.45) is 0 Å². The highest BCUT2D eigenvalue weighted by atomic mass is 35.5. The van der Waals surface area contributed by atoms with Crippen LogP contribution in [0, 0.1) is 0 Å². The quantitative estimate of drug-likeness (QED) is 0.231. The molecule has 0 heterocycles. The van der Waals surface area contributed by atoms with Gasteiger partial charge in [0.05, 0.1) is 24.3 Å². The van der Waals surface area contributed by atoms with Crippen molar-refractivity contribution in [1.29, 1.82) is 0 Å². The summed E-state index contributed by atoms with van der Waals surface area (Å²) in [5.41, 5.74) is 1.94. The van der Waals surface area contributed by atoms with E-state index in [0.717, 1.165) is 5.56 Å². The molecule has 0 aliphatic rings. The SMILES string of the molecule is COc1cc(/C=C/C(=O)OCC(=O)Nc2ccc(Cl)cc2)cc(OC)c1OCc1ccc(Cl)c(Cl)c1. The maximum Gasteiger partial charge on any atom is 0.331 e. The summed E-state index contributed by atoms with van der Waals surface area (Å²) in [6.45, 7) is -0.247. The molecule has 0 bridgehead atoms. The Morgan fingerprint density at radius 2 is 1.56 bits per heavy atom. The number of ether oxygens (including phenoxy) is 4. The van der Waals surface area contributed by atoms with E-state index in [4.69, 9.17) is 53.8 Å². The van der Waals surface area contributed by atoms with Crippen LogP contribution in [0.4, 0.5) is 5.69 Å². The Balaban J connectivity index is 1.62. The van der Waals surface area contributed by atoms with E-state index in [1.54, 1.807) is 54.6 Å². The second-order valence-corrected chi connectivity index (χ2v) is 8.54. The first-order chi connectivity index (χ1) is 17.3. The topological polar surface area (TPSA) is 83.1 Å². The van der Waals surface area contributed by atoms with Crippen LogP contribution in [0.5, 0.6) is 17.2 Å². The highest BCUT2D eigenvalue weighted by Crippen LogP contribution is 2.39. The normalized spacial score (nSPS) is 10.7. The number of anilines is 1. The molecule has 188 valence electrons. The fourth-order valence-corrected chi connectivity index (χ4v) is 3.45. The lowest BCUT2D eigenvalue weighted by atomic mass is 10.1. The summed E-state index contributed by atoms with van der Waals surface area (Å²) in [5, 5.41) is 4.02. The fourth-order valence-electron chi connectivity index (χ4n) is 3.00. The zero-order chi connectivity index (χ0) is 26.1. The number of carbonyl (C=O) groups is 2. The van der Waals surface area contributed by atoms with Gasteiger partial charge in [0.1, 0.15) is 6.61 Å². The van der Waals surface area contributed by atoms with Crippen LogP contribution in [0.1, 0.15) is 11.1 Å². The van der Waals surface area contributed by atoms with E-state index < -0.39 is 18.5 Å². The van der Waals surface area contributed by atoms with Crippen LogP contribution >= 0.6 is 34.8 Å². The Labute approximate surface area is 223 Å². The number of hydrogen-bond donors (Lipinski definition) is 1. The number of rotatable bonds is 10. The van der Waals surface area contributed by atoms with Gasteiger partial charge in [-0.1, -0.05) is 40.9 Å². The summed E-state index contributed by atoms with van der Waals surface area (Å²) < 4.78 is 21.8. The molecule has 7 nitrogen and oxygen atoms in total. The van der Waals surface area contributed by atoms with Gasteiger partial charge >= 0.3 is 5.97 Å². The van der Waals surface area contributed by atoms with Gasteiger partial charge in [-0.25, -0.2) is 4.79 Å². The Bertz CT molecular complexity index is 1240. The number of amides is 1. The summed E-state index contributed by atoms with van der Waals surface area (Å²) >= 11 is 17.8. The van der Waals surface area contributed by atoms with Gasteiger partial charge in [0, 0.05) is 16.8 Å². The van der Waals surface area contributed by atoms with Gasteiger partial charge < -0.3 is 24.3 Å². The molecule has 0 saturated heterocycles. The molecule has 0 fully saturated rings. The minimum absolute atomic E-state index is 0.198. The summed E-state index contributed by atoms with van der Waals surface area (Å²) in [6, 6.07) is 15.1. The van der Waals surface area contributed by atoms with E-state index in [9.17, 15) is 9.59 Å². The lowest BCUT2D eigenvalue weighted by Gasteiger charge is -2.15. The van der Waals surface area contributed by atoms with Crippen LogP contribution in [-0.4, -0.2) is 32.7 Å². The molecule has 3 aromatic rings. The first-order valence-electron chi connectivity index (χ1n) is 10.5. The average Bonchev–Trinajstić information content (AvgIpc) is 2.88. The standard InChI is InChI=1S/C26H22Cl3NO6/c1-33-22-12-16(4-10-25(32)35-15-24(31)30-19-7-5-18(27)6-8-19)13-23(34-2)26(22)36-14-17-3-9-20(28)21(29)11-17/h3-13H,14-15H2,1-2H3,(H,30,31)/b10-4+. The molecule has 1 amide bonds. The molecule has 10 heteroatoms. The van der Waals surface area contributed by atoms with Crippen molar-refractivity contribution in [3.8, 4) is 17.2 Å². The molecule has 1 N–H and O–H groups in total. The molecule has 3 rings (SSSR count). The number of carbonyl (C=O) groups excluding carboxylic acids is 2. The van der Waals surface area contributed by atoms with E-state index in [1.807, 2.05) is 0 Å². The number of nitrogens with one attached hydrogen (secondary N) is 1. The number of halogens is 3. The third-order valence-corrected chi connectivity index (χ3v) is 5.73. The Morgan fingerprint density at radius 3 is 2.17 bits per heavy atom. The number of esters is 1. The zero-order valence-corrected chi connectivity index (χ0v) is 21.6. The van der Waals surface area contributed by atoms with Crippen molar-refractivity contribution in [3.63, 3.8) is 0 Å². The van der Waals surface area contributed by atoms with Crippen LogP contribution in [0.25, 0.3) is 6.08 Å².